The lowest BCUT2D eigenvalue weighted by Crippen LogP contribution is -2.13. The number of carbonyl (C=O) groups excluding carboxylic acids is 2. The normalized spacial score (nSPS) is 10.4. The molecule has 2 heterocycles. The number of phenols is 1. The number of tetrazole rings is 1. The minimum atomic E-state index is -0.666. The van der Waals surface area contributed by atoms with Gasteiger partial charge >= 0.3 is 0 Å². The third-order valence-electron chi connectivity index (χ3n) is 2.96. The van der Waals surface area contributed by atoms with Gasteiger partial charge in [0.05, 0.1) is 10.6 Å². The summed E-state index contributed by atoms with van der Waals surface area (Å²) in [5, 5.41) is 27.6. The molecule has 0 saturated carbocycles. The quantitative estimate of drug-likeness (QED) is 0.524. The average Bonchev–Trinajstić information content (AvgIpc) is 3.19. The molecule has 0 spiro atoms. The number of anilines is 1. The summed E-state index contributed by atoms with van der Waals surface area (Å²) in [6.07, 6.45) is 0. The van der Waals surface area contributed by atoms with Crippen molar-refractivity contribution in [1.29, 1.82) is 0 Å². The summed E-state index contributed by atoms with van der Waals surface area (Å²) in [5.41, 5.74) is 6.10. The summed E-state index contributed by atoms with van der Waals surface area (Å²) in [4.78, 5) is 23.6. The predicted octanol–water partition coefficient (Wildman–Crippen LogP) is 0.985. The minimum absolute atomic E-state index is 0.149. The Balaban J connectivity index is 1.78. The Hall–Kier alpha value is -3.27. The second-order valence-electron chi connectivity index (χ2n) is 4.49. The average molecular weight is 330 g/mol. The molecule has 2 aromatic heterocycles. The van der Waals surface area contributed by atoms with Crippen LogP contribution < -0.4 is 11.1 Å². The van der Waals surface area contributed by atoms with Gasteiger partial charge in [-0.2, -0.15) is 5.21 Å². The monoisotopic (exact) mass is 330 g/mol. The summed E-state index contributed by atoms with van der Waals surface area (Å²) in [6, 6.07) is 5.62. The summed E-state index contributed by atoms with van der Waals surface area (Å²) in [5.74, 6) is -0.938. The molecule has 0 bridgehead atoms. The Kier molecular flexibility index (Phi) is 3.73. The third kappa shape index (κ3) is 3.01. The lowest BCUT2D eigenvalue weighted by molar-refractivity contribution is 0.0998. The second-order valence-corrected chi connectivity index (χ2v) is 5.40. The summed E-state index contributed by atoms with van der Waals surface area (Å²) in [7, 11) is 0. The number of nitrogens with one attached hydrogen (secondary N) is 2. The molecule has 0 aliphatic heterocycles. The summed E-state index contributed by atoms with van der Waals surface area (Å²) < 4.78 is 0. The Morgan fingerprint density at radius 1 is 1.30 bits per heavy atom. The molecule has 0 atom stereocenters. The van der Waals surface area contributed by atoms with Crippen LogP contribution in [0.2, 0.25) is 0 Å². The maximum absolute atomic E-state index is 12.2. The molecule has 23 heavy (non-hydrogen) atoms. The van der Waals surface area contributed by atoms with Gasteiger partial charge in [0, 0.05) is 16.5 Å². The lowest BCUT2D eigenvalue weighted by Gasteiger charge is -2.07. The molecule has 5 N–H and O–H groups in total. The van der Waals surface area contributed by atoms with Crippen LogP contribution in [0.3, 0.4) is 0 Å². The highest BCUT2D eigenvalue weighted by molar-refractivity contribution is 7.12. The number of aromatic amines is 1. The van der Waals surface area contributed by atoms with Gasteiger partial charge in [-0.25, -0.2) is 0 Å². The molecule has 9 nitrogen and oxygen atoms in total. The number of primary amides is 1. The van der Waals surface area contributed by atoms with Crippen molar-refractivity contribution in [2.45, 2.75) is 0 Å². The second kappa shape index (κ2) is 5.85. The van der Waals surface area contributed by atoms with E-state index in [0.717, 1.165) is 0 Å². The smallest absolute Gasteiger partial charge is 0.265 e. The Morgan fingerprint density at radius 2 is 2.13 bits per heavy atom. The Bertz CT molecular complexity index is 874. The van der Waals surface area contributed by atoms with Crippen LogP contribution in [0, 0.1) is 0 Å². The zero-order chi connectivity index (χ0) is 16.4. The maximum Gasteiger partial charge on any atom is 0.265 e. The molecule has 10 heteroatoms. The highest BCUT2D eigenvalue weighted by atomic mass is 32.1. The number of hydrogen-bond acceptors (Lipinski definition) is 7. The molecule has 3 aromatic rings. The van der Waals surface area contributed by atoms with Crippen molar-refractivity contribution in [2.24, 2.45) is 5.73 Å². The molecule has 3 rings (SSSR count). The van der Waals surface area contributed by atoms with Gasteiger partial charge in [-0.15, -0.1) is 21.5 Å². The van der Waals surface area contributed by atoms with Gasteiger partial charge < -0.3 is 16.2 Å². The van der Waals surface area contributed by atoms with Crippen LogP contribution in [0.5, 0.6) is 5.75 Å². The van der Waals surface area contributed by atoms with Crippen molar-refractivity contribution in [3.8, 4) is 17.1 Å². The van der Waals surface area contributed by atoms with E-state index in [0.29, 0.717) is 16.3 Å². The van der Waals surface area contributed by atoms with Crippen molar-refractivity contribution >= 4 is 28.8 Å². The van der Waals surface area contributed by atoms with E-state index in [1.807, 2.05) is 0 Å². The minimum Gasteiger partial charge on any atom is -0.506 e. The summed E-state index contributed by atoms with van der Waals surface area (Å²) >= 11 is 1.20. The van der Waals surface area contributed by atoms with Crippen molar-refractivity contribution < 1.29 is 14.7 Å². The fourth-order valence-corrected chi connectivity index (χ4v) is 2.61. The van der Waals surface area contributed by atoms with Gasteiger partial charge in [0.25, 0.3) is 5.91 Å². The number of benzene rings is 1. The van der Waals surface area contributed by atoms with Gasteiger partial charge in [-0.05, 0) is 29.5 Å². The maximum atomic E-state index is 12.2. The van der Waals surface area contributed by atoms with Crippen LogP contribution in [0.1, 0.15) is 20.0 Å². The van der Waals surface area contributed by atoms with Crippen molar-refractivity contribution in [3.63, 3.8) is 0 Å². The molecule has 116 valence electrons. The zero-order valence-electron chi connectivity index (χ0n) is 11.5. The molecule has 0 aliphatic rings. The number of phenolic OH excluding ortho intramolecular Hbond substituents is 1. The number of carbonyl (C=O) groups is 2. The molecule has 2 amide bonds. The highest BCUT2D eigenvalue weighted by Gasteiger charge is 2.14. The number of thiophene rings is 1. The predicted molar refractivity (Wildman–Crippen MR) is 82.1 cm³/mol. The first-order valence-corrected chi connectivity index (χ1v) is 7.19. The van der Waals surface area contributed by atoms with Gasteiger partial charge in [0.1, 0.15) is 5.75 Å². The van der Waals surface area contributed by atoms with E-state index in [1.165, 1.54) is 29.5 Å². The van der Waals surface area contributed by atoms with E-state index in [1.54, 1.807) is 11.4 Å². The fourth-order valence-electron chi connectivity index (χ4n) is 1.83. The van der Waals surface area contributed by atoms with Crippen LogP contribution in [-0.2, 0) is 0 Å². The Labute approximate surface area is 133 Å². The molecule has 0 saturated heterocycles. The standard InChI is InChI=1S/C13H10N6O3S/c14-11(21)6-1-2-8(9(20)3-6)15-13(22)10-4-7(5-23-10)12-16-18-19-17-12/h1-5,20H,(H2,14,21)(H,15,22)(H,16,17,18,19). The topological polar surface area (TPSA) is 147 Å². The van der Waals surface area contributed by atoms with Gasteiger partial charge in [-0.3, -0.25) is 9.59 Å². The van der Waals surface area contributed by atoms with Crippen LogP contribution in [0.25, 0.3) is 11.4 Å². The van der Waals surface area contributed by atoms with Crippen molar-refractivity contribution in [2.75, 3.05) is 5.32 Å². The fraction of sp³-hybridized carbons (Fsp3) is 0. The largest absolute Gasteiger partial charge is 0.506 e. The number of amides is 2. The number of hydrogen-bond donors (Lipinski definition) is 4. The molecule has 1 aromatic carbocycles. The van der Waals surface area contributed by atoms with Crippen molar-refractivity contribution in [1.82, 2.24) is 20.6 Å². The lowest BCUT2D eigenvalue weighted by atomic mass is 10.2. The van der Waals surface area contributed by atoms with Gasteiger partial charge in [-0.1, -0.05) is 0 Å². The first-order valence-electron chi connectivity index (χ1n) is 6.31. The van der Waals surface area contributed by atoms with Crippen LogP contribution in [0.15, 0.2) is 29.6 Å². The van der Waals surface area contributed by atoms with Gasteiger partial charge in [0.2, 0.25) is 11.7 Å². The first-order chi connectivity index (χ1) is 11.0. The molecule has 0 unspecified atom stereocenters. The number of nitrogens with zero attached hydrogens (tertiary/aromatic N) is 3. The summed E-state index contributed by atoms with van der Waals surface area (Å²) in [6.45, 7) is 0. The molecule has 0 radical (unpaired) electrons. The number of rotatable bonds is 4. The molecule has 0 fully saturated rings. The highest BCUT2D eigenvalue weighted by Crippen LogP contribution is 2.27. The Morgan fingerprint density at radius 3 is 2.78 bits per heavy atom. The molecular weight excluding hydrogens is 320 g/mol. The zero-order valence-corrected chi connectivity index (χ0v) is 12.3. The third-order valence-corrected chi connectivity index (χ3v) is 3.89. The van der Waals surface area contributed by atoms with Crippen LogP contribution in [-0.4, -0.2) is 37.5 Å². The number of aromatic hydroxyl groups is 1. The number of aromatic nitrogens is 4. The van der Waals surface area contributed by atoms with Crippen molar-refractivity contribution in [3.05, 3.63) is 40.1 Å². The van der Waals surface area contributed by atoms with Crippen LogP contribution >= 0.6 is 11.3 Å². The van der Waals surface area contributed by atoms with Gasteiger partial charge in [0.15, 0.2) is 0 Å². The van der Waals surface area contributed by atoms with E-state index in [-0.39, 0.29) is 17.0 Å². The van der Waals surface area contributed by atoms with Crippen LogP contribution in [0.4, 0.5) is 5.69 Å². The number of nitrogens with two attached hydrogens (primary N) is 1. The molecule has 0 aliphatic carbocycles. The van der Waals surface area contributed by atoms with E-state index in [2.05, 4.69) is 25.9 Å². The van der Waals surface area contributed by atoms with E-state index in [9.17, 15) is 14.7 Å². The van der Waals surface area contributed by atoms with E-state index >= 15 is 0 Å². The van der Waals surface area contributed by atoms with E-state index < -0.39 is 11.8 Å². The molecular formula is C13H10N6O3S. The van der Waals surface area contributed by atoms with E-state index in [4.69, 9.17) is 5.73 Å². The SMILES string of the molecule is NC(=O)c1ccc(NC(=O)c2cc(-c3nn[nH]n3)cs2)c(O)c1. The first kappa shape index (κ1) is 14.7. The number of H-pyrrole nitrogens is 1.